The number of benzene rings is 1. The Kier molecular flexibility index (Phi) is 3.85. The van der Waals surface area contributed by atoms with Gasteiger partial charge in [0.25, 0.3) is 0 Å². The number of methoxy groups -OCH3 is 1. The van der Waals surface area contributed by atoms with Crippen LogP contribution in [0.4, 0.5) is 4.39 Å². The second-order valence-electron chi connectivity index (χ2n) is 4.35. The number of alkyl halides is 1. The van der Waals surface area contributed by atoms with Crippen molar-refractivity contribution in [2.24, 2.45) is 0 Å². The highest BCUT2D eigenvalue weighted by atomic mass is 79.9. The molecule has 3 heteroatoms. The second kappa shape index (κ2) is 5.17. The minimum atomic E-state index is -0.253. The van der Waals surface area contributed by atoms with Gasteiger partial charge in [-0.1, -0.05) is 28.4 Å². The molecule has 1 aromatic carbocycles. The molecule has 0 radical (unpaired) electrons. The first-order valence-corrected chi connectivity index (χ1v) is 6.59. The summed E-state index contributed by atoms with van der Waals surface area (Å²) in [5, 5.41) is 0. The fourth-order valence-electron chi connectivity index (χ4n) is 2.37. The van der Waals surface area contributed by atoms with Crippen molar-refractivity contribution in [2.45, 2.75) is 36.4 Å². The van der Waals surface area contributed by atoms with Crippen LogP contribution in [0.25, 0.3) is 0 Å². The summed E-state index contributed by atoms with van der Waals surface area (Å²) >= 11 is 3.65. The molecule has 88 valence electrons. The summed E-state index contributed by atoms with van der Waals surface area (Å²) in [6.07, 6.45) is 4.71. The third kappa shape index (κ3) is 2.57. The molecule has 1 aliphatic rings. The minimum absolute atomic E-state index is 0.253. The zero-order valence-electron chi connectivity index (χ0n) is 9.38. The highest BCUT2D eigenvalue weighted by Gasteiger charge is 2.22. The molecule has 2 unspecified atom stereocenters. The lowest BCUT2D eigenvalue weighted by atomic mass is 9.84. The first-order valence-electron chi connectivity index (χ1n) is 5.68. The standard InChI is InChI=1S/C13H16BrFO/c1-16-13-6-5-10(8-12(13)15)9-3-2-4-11(14)7-9/h5-6,8-9,11H,2-4,7H2,1H3. The lowest BCUT2D eigenvalue weighted by molar-refractivity contribution is 0.384. The first kappa shape index (κ1) is 11.9. The van der Waals surface area contributed by atoms with Gasteiger partial charge < -0.3 is 4.74 Å². The third-order valence-corrected chi connectivity index (χ3v) is 4.09. The Morgan fingerprint density at radius 1 is 1.38 bits per heavy atom. The summed E-state index contributed by atoms with van der Waals surface area (Å²) in [4.78, 5) is 0.580. The van der Waals surface area contributed by atoms with Gasteiger partial charge in [0.15, 0.2) is 11.6 Å². The van der Waals surface area contributed by atoms with Gasteiger partial charge in [0, 0.05) is 4.83 Å². The van der Waals surface area contributed by atoms with Gasteiger partial charge in [-0.25, -0.2) is 4.39 Å². The van der Waals surface area contributed by atoms with E-state index in [1.165, 1.54) is 20.0 Å². The van der Waals surface area contributed by atoms with Crippen LogP contribution in [0.3, 0.4) is 0 Å². The molecule has 0 aliphatic heterocycles. The smallest absolute Gasteiger partial charge is 0.165 e. The van der Waals surface area contributed by atoms with Gasteiger partial charge in [0.1, 0.15) is 0 Å². The van der Waals surface area contributed by atoms with Gasteiger partial charge in [-0.05, 0) is 42.9 Å². The first-order chi connectivity index (χ1) is 7.70. The molecule has 0 saturated heterocycles. The van der Waals surface area contributed by atoms with Crippen LogP contribution < -0.4 is 4.74 Å². The van der Waals surface area contributed by atoms with E-state index in [2.05, 4.69) is 15.9 Å². The van der Waals surface area contributed by atoms with Crippen molar-refractivity contribution in [3.05, 3.63) is 29.6 Å². The lowest BCUT2D eigenvalue weighted by Gasteiger charge is -2.26. The third-order valence-electron chi connectivity index (χ3n) is 3.26. The van der Waals surface area contributed by atoms with Crippen LogP contribution in [0.1, 0.15) is 37.2 Å². The molecule has 2 atom stereocenters. The van der Waals surface area contributed by atoms with Crippen molar-refractivity contribution in [3.8, 4) is 5.75 Å². The summed E-state index contributed by atoms with van der Waals surface area (Å²) in [6, 6.07) is 5.33. The fourth-order valence-corrected chi connectivity index (χ4v) is 3.14. The maximum Gasteiger partial charge on any atom is 0.165 e. The number of hydrogen-bond donors (Lipinski definition) is 0. The quantitative estimate of drug-likeness (QED) is 0.739. The van der Waals surface area contributed by atoms with E-state index in [-0.39, 0.29) is 5.82 Å². The van der Waals surface area contributed by atoms with Gasteiger partial charge in [0.2, 0.25) is 0 Å². The number of hydrogen-bond acceptors (Lipinski definition) is 1. The normalized spacial score (nSPS) is 25.4. The molecule has 0 N–H and O–H groups in total. The fraction of sp³-hybridized carbons (Fsp3) is 0.538. The van der Waals surface area contributed by atoms with Crippen LogP contribution in [0, 0.1) is 5.82 Å². The maximum absolute atomic E-state index is 13.6. The SMILES string of the molecule is COc1ccc(C2CCCC(Br)C2)cc1F. The summed E-state index contributed by atoms with van der Waals surface area (Å²) in [7, 11) is 1.49. The molecule has 1 aliphatic carbocycles. The highest BCUT2D eigenvalue weighted by Crippen LogP contribution is 2.36. The molecule has 2 rings (SSSR count). The predicted octanol–water partition coefficient (Wildman–Crippen LogP) is 4.26. The van der Waals surface area contributed by atoms with Crippen molar-refractivity contribution in [2.75, 3.05) is 7.11 Å². The van der Waals surface area contributed by atoms with E-state index >= 15 is 0 Å². The predicted molar refractivity (Wildman–Crippen MR) is 66.9 cm³/mol. The van der Waals surface area contributed by atoms with Crippen molar-refractivity contribution in [1.29, 1.82) is 0 Å². The Hall–Kier alpha value is -0.570. The zero-order valence-corrected chi connectivity index (χ0v) is 11.0. The highest BCUT2D eigenvalue weighted by molar-refractivity contribution is 9.09. The van der Waals surface area contributed by atoms with Gasteiger partial charge >= 0.3 is 0 Å². The summed E-state index contributed by atoms with van der Waals surface area (Å²) in [5.74, 6) is 0.560. The zero-order chi connectivity index (χ0) is 11.5. The average Bonchev–Trinajstić information content (AvgIpc) is 2.29. The molecule has 0 amide bonds. The Balaban J connectivity index is 2.17. The van der Waals surface area contributed by atoms with E-state index in [1.54, 1.807) is 12.1 Å². The van der Waals surface area contributed by atoms with Gasteiger partial charge in [-0.3, -0.25) is 0 Å². The maximum atomic E-state index is 13.6. The van der Waals surface area contributed by atoms with Crippen molar-refractivity contribution in [3.63, 3.8) is 0 Å². The molecule has 1 saturated carbocycles. The molecule has 0 spiro atoms. The molecule has 0 heterocycles. The van der Waals surface area contributed by atoms with Crippen LogP contribution in [0.5, 0.6) is 5.75 Å². The molecule has 16 heavy (non-hydrogen) atoms. The topological polar surface area (TPSA) is 9.23 Å². The second-order valence-corrected chi connectivity index (χ2v) is 5.65. The molecular weight excluding hydrogens is 271 g/mol. The van der Waals surface area contributed by atoms with E-state index < -0.39 is 0 Å². The molecule has 1 fully saturated rings. The molecule has 1 nitrogen and oxygen atoms in total. The minimum Gasteiger partial charge on any atom is -0.494 e. The summed E-state index contributed by atoms with van der Waals surface area (Å²) < 4.78 is 18.5. The monoisotopic (exact) mass is 286 g/mol. The van der Waals surface area contributed by atoms with Crippen molar-refractivity contribution >= 4 is 15.9 Å². The van der Waals surface area contributed by atoms with E-state index in [1.807, 2.05) is 6.07 Å². The Morgan fingerprint density at radius 2 is 2.19 bits per heavy atom. The summed E-state index contributed by atoms with van der Waals surface area (Å²) in [5.41, 5.74) is 1.10. The number of halogens is 2. The van der Waals surface area contributed by atoms with Crippen LogP contribution in [0.15, 0.2) is 18.2 Å². The largest absolute Gasteiger partial charge is 0.494 e. The molecular formula is C13H16BrFO. The van der Waals surface area contributed by atoms with Crippen LogP contribution in [0.2, 0.25) is 0 Å². The Labute approximate surface area is 104 Å². The van der Waals surface area contributed by atoms with Gasteiger partial charge in [-0.15, -0.1) is 0 Å². The Morgan fingerprint density at radius 3 is 2.81 bits per heavy atom. The molecule has 1 aromatic rings. The van der Waals surface area contributed by atoms with Crippen LogP contribution in [-0.2, 0) is 0 Å². The van der Waals surface area contributed by atoms with Gasteiger partial charge in [-0.2, -0.15) is 0 Å². The van der Waals surface area contributed by atoms with E-state index in [4.69, 9.17) is 4.74 Å². The van der Waals surface area contributed by atoms with E-state index in [0.717, 1.165) is 18.4 Å². The van der Waals surface area contributed by atoms with Crippen molar-refractivity contribution in [1.82, 2.24) is 0 Å². The number of rotatable bonds is 2. The number of ether oxygens (including phenoxy) is 1. The molecule has 0 bridgehead atoms. The average molecular weight is 287 g/mol. The van der Waals surface area contributed by atoms with E-state index in [9.17, 15) is 4.39 Å². The molecule has 0 aromatic heterocycles. The Bertz CT molecular complexity index is 367. The van der Waals surface area contributed by atoms with E-state index in [0.29, 0.717) is 16.5 Å². The van der Waals surface area contributed by atoms with Crippen molar-refractivity contribution < 1.29 is 9.13 Å². The van der Waals surface area contributed by atoms with Crippen LogP contribution in [-0.4, -0.2) is 11.9 Å². The van der Waals surface area contributed by atoms with Crippen LogP contribution >= 0.6 is 15.9 Å². The van der Waals surface area contributed by atoms with Gasteiger partial charge in [0.05, 0.1) is 7.11 Å². The lowest BCUT2D eigenvalue weighted by Crippen LogP contribution is -2.13. The summed E-state index contributed by atoms with van der Waals surface area (Å²) in [6.45, 7) is 0.